The number of hydrogen-bond acceptors (Lipinski definition) is 5. The lowest BCUT2D eigenvalue weighted by Gasteiger charge is -2.45. The zero-order chi connectivity index (χ0) is 21.5. The number of likely N-dealkylation sites (tertiary alicyclic amines) is 1. The number of nitrogens with zero attached hydrogens (tertiary/aromatic N) is 4. The van der Waals surface area contributed by atoms with Gasteiger partial charge in [-0.15, -0.1) is 0 Å². The summed E-state index contributed by atoms with van der Waals surface area (Å²) in [6, 6.07) is 14.5. The van der Waals surface area contributed by atoms with Crippen LogP contribution in [0.3, 0.4) is 0 Å². The third-order valence-electron chi connectivity index (χ3n) is 5.16. The highest BCUT2D eigenvalue weighted by Crippen LogP contribution is 2.30. The van der Waals surface area contributed by atoms with E-state index in [2.05, 4.69) is 14.7 Å². The van der Waals surface area contributed by atoms with Crippen LogP contribution in [0.2, 0.25) is 0 Å². The molecule has 0 N–H and O–H groups in total. The number of alkyl halides is 3. The molecule has 30 heavy (non-hydrogen) atoms. The van der Waals surface area contributed by atoms with E-state index in [-0.39, 0.29) is 17.8 Å². The maximum atomic E-state index is 12.6. The Kier molecular flexibility index (Phi) is 4.97. The molecule has 1 aromatic heterocycles. The van der Waals surface area contributed by atoms with Gasteiger partial charge in [0, 0.05) is 37.0 Å². The molecule has 0 radical (unpaired) electrons. The summed E-state index contributed by atoms with van der Waals surface area (Å²) in [7, 11) is 1.92. The van der Waals surface area contributed by atoms with E-state index < -0.39 is 12.1 Å². The summed E-state index contributed by atoms with van der Waals surface area (Å²) in [5.74, 6) is -1.47. The quantitative estimate of drug-likeness (QED) is 0.643. The maximum Gasteiger partial charge on any atom is 0.471 e. The van der Waals surface area contributed by atoms with Gasteiger partial charge in [0.1, 0.15) is 0 Å². The number of carbonyl (C=O) groups is 1. The fraction of sp³-hybridized carbons (Fsp3) is 0.286. The van der Waals surface area contributed by atoms with Gasteiger partial charge in [0.05, 0.1) is 6.04 Å². The molecule has 156 valence electrons. The van der Waals surface area contributed by atoms with E-state index in [9.17, 15) is 18.0 Å². The molecule has 6 nitrogen and oxygen atoms in total. The number of anilines is 1. The van der Waals surface area contributed by atoms with E-state index in [0.29, 0.717) is 24.2 Å². The first-order valence-corrected chi connectivity index (χ1v) is 9.32. The largest absolute Gasteiger partial charge is 0.471 e. The molecule has 2 aromatic carbocycles. The molecule has 1 amide bonds. The third kappa shape index (κ3) is 3.87. The Labute approximate surface area is 170 Å². The lowest BCUT2D eigenvalue weighted by atomic mass is 10.0. The predicted octanol–water partition coefficient (Wildman–Crippen LogP) is 4.02. The van der Waals surface area contributed by atoms with E-state index in [1.54, 1.807) is 29.2 Å². The van der Waals surface area contributed by atoms with E-state index in [1.807, 2.05) is 43.1 Å². The van der Waals surface area contributed by atoms with Crippen molar-refractivity contribution >= 4 is 11.6 Å². The van der Waals surface area contributed by atoms with Crippen molar-refractivity contribution in [2.75, 3.05) is 25.0 Å². The molecule has 3 aromatic rings. The number of amides is 1. The number of aryl methyl sites for hydroxylation is 1. The highest BCUT2D eigenvalue weighted by molar-refractivity contribution is 5.95. The average molecular weight is 416 g/mol. The normalized spacial score (nSPS) is 14.5. The van der Waals surface area contributed by atoms with Crippen molar-refractivity contribution in [2.24, 2.45) is 0 Å². The Morgan fingerprint density at radius 2 is 1.87 bits per heavy atom. The monoisotopic (exact) mass is 416 g/mol. The smallest absolute Gasteiger partial charge is 0.368 e. The molecule has 1 fully saturated rings. The van der Waals surface area contributed by atoms with Crippen molar-refractivity contribution in [1.82, 2.24) is 15.0 Å². The van der Waals surface area contributed by atoms with Crippen molar-refractivity contribution < 1.29 is 22.5 Å². The number of likely N-dealkylation sites (N-methyl/N-ethyl adjacent to an activating group) is 1. The first-order chi connectivity index (χ1) is 14.2. The van der Waals surface area contributed by atoms with Gasteiger partial charge in [-0.3, -0.25) is 4.79 Å². The lowest BCUT2D eigenvalue weighted by Crippen LogP contribution is -2.60. The zero-order valence-electron chi connectivity index (χ0n) is 16.3. The molecule has 1 saturated heterocycles. The van der Waals surface area contributed by atoms with Gasteiger partial charge in [-0.1, -0.05) is 22.9 Å². The fourth-order valence-electron chi connectivity index (χ4n) is 3.34. The van der Waals surface area contributed by atoms with Crippen LogP contribution in [0.4, 0.5) is 18.9 Å². The Balaban J connectivity index is 1.38. The van der Waals surface area contributed by atoms with Crippen LogP contribution >= 0.6 is 0 Å². The van der Waals surface area contributed by atoms with Crippen LogP contribution < -0.4 is 4.90 Å². The summed E-state index contributed by atoms with van der Waals surface area (Å²) < 4.78 is 42.1. The summed E-state index contributed by atoms with van der Waals surface area (Å²) >= 11 is 0. The van der Waals surface area contributed by atoms with Crippen LogP contribution in [0, 0.1) is 6.92 Å². The van der Waals surface area contributed by atoms with Gasteiger partial charge in [0.2, 0.25) is 5.82 Å². The molecule has 0 saturated carbocycles. The van der Waals surface area contributed by atoms with Gasteiger partial charge in [0.25, 0.3) is 5.91 Å². The SMILES string of the molecule is Cc1cccc(C(=O)N2CC(N(C)c3ccc(-c4noc(C(F)(F)F)n4)cc3)C2)c1. The highest BCUT2D eigenvalue weighted by atomic mass is 19.4. The van der Waals surface area contributed by atoms with Crippen LogP contribution in [0.25, 0.3) is 11.4 Å². The Morgan fingerprint density at radius 3 is 2.47 bits per heavy atom. The number of benzene rings is 2. The van der Waals surface area contributed by atoms with Gasteiger partial charge in [0.15, 0.2) is 0 Å². The summed E-state index contributed by atoms with van der Waals surface area (Å²) in [6.45, 7) is 3.15. The molecule has 0 aliphatic carbocycles. The Bertz CT molecular complexity index is 1060. The first-order valence-electron chi connectivity index (χ1n) is 9.32. The molecular weight excluding hydrogens is 397 g/mol. The molecular formula is C21H19F3N4O2. The molecule has 4 rings (SSSR count). The second-order valence-electron chi connectivity index (χ2n) is 7.31. The van der Waals surface area contributed by atoms with E-state index in [0.717, 1.165) is 11.3 Å². The third-order valence-corrected chi connectivity index (χ3v) is 5.16. The number of carbonyl (C=O) groups excluding carboxylic acids is 1. The second-order valence-corrected chi connectivity index (χ2v) is 7.31. The summed E-state index contributed by atoms with van der Waals surface area (Å²) in [4.78, 5) is 19.8. The van der Waals surface area contributed by atoms with Crippen molar-refractivity contribution in [1.29, 1.82) is 0 Å². The molecule has 0 atom stereocenters. The maximum absolute atomic E-state index is 12.6. The van der Waals surface area contributed by atoms with Crippen molar-refractivity contribution in [3.63, 3.8) is 0 Å². The standard InChI is InChI=1S/C21H19F3N4O2/c1-13-4-3-5-15(10-13)19(29)28-11-17(12-28)27(2)16-8-6-14(7-9-16)18-25-20(30-26-18)21(22,23)24/h3-10,17H,11-12H2,1-2H3. The van der Waals surface area contributed by atoms with Gasteiger partial charge in [-0.2, -0.15) is 18.2 Å². The number of rotatable bonds is 4. The zero-order valence-corrected chi connectivity index (χ0v) is 16.3. The minimum atomic E-state index is -4.67. The molecule has 0 unspecified atom stereocenters. The first kappa shape index (κ1) is 19.9. The topological polar surface area (TPSA) is 62.5 Å². The van der Waals surface area contributed by atoms with Crippen molar-refractivity contribution in [3.8, 4) is 11.4 Å². The number of hydrogen-bond donors (Lipinski definition) is 0. The molecule has 2 heterocycles. The van der Waals surface area contributed by atoms with Gasteiger partial charge in [-0.25, -0.2) is 0 Å². The number of aromatic nitrogens is 2. The van der Waals surface area contributed by atoms with Gasteiger partial charge in [-0.05, 0) is 43.3 Å². The average Bonchev–Trinajstić information content (AvgIpc) is 3.17. The summed E-state index contributed by atoms with van der Waals surface area (Å²) in [5.41, 5.74) is 3.03. The number of halogens is 3. The van der Waals surface area contributed by atoms with Crippen LogP contribution in [0.15, 0.2) is 53.1 Å². The lowest BCUT2D eigenvalue weighted by molar-refractivity contribution is -0.159. The Hall–Kier alpha value is -3.36. The van der Waals surface area contributed by atoms with Crippen LogP contribution in [-0.4, -0.2) is 47.1 Å². The predicted molar refractivity (Wildman–Crippen MR) is 104 cm³/mol. The molecule has 1 aliphatic heterocycles. The van der Waals surface area contributed by atoms with Crippen LogP contribution in [0.1, 0.15) is 21.8 Å². The summed E-state index contributed by atoms with van der Waals surface area (Å²) in [6.07, 6.45) is -4.67. The van der Waals surface area contributed by atoms with Gasteiger partial charge >= 0.3 is 12.1 Å². The highest BCUT2D eigenvalue weighted by Gasteiger charge is 2.38. The van der Waals surface area contributed by atoms with E-state index in [1.165, 1.54) is 0 Å². The minimum Gasteiger partial charge on any atom is -0.368 e. The molecule has 0 spiro atoms. The molecule has 0 bridgehead atoms. The van der Waals surface area contributed by atoms with Gasteiger partial charge < -0.3 is 14.3 Å². The van der Waals surface area contributed by atoms with Crippen molar-refractivity contribution in [2.45, 2.75) is 19.1 Å². The molecule has 9 heteroatoms. The second kappa shape index (κ2) is 7.47. The minimum absolute atomic E-state index is 0.0104. The summed E-state index contributed by atoms with van der Waals surface area (Å²) in [5, 5.41) is 3.39. The van der Waals surface area contributed by atoms with Crippen LogP contribution in [-0.2, 0) is 6.18 Å². The van der Waals surface area contributed by atoms with E-state index in [4.69, 9.17) is 0 Å². The van der Waals surface area contributed by atoms with Crippen molar-refractivity contribution in [3.05, 3.63) is 65.5 Å². The van der Waals surface area contributed by atoms with Crippen LogP contribution in [0.5, 0.6) is 0 Å². The molecule has 1 aliphatic rings. The van der Waals surface area contributed by atoms with E-state index >= 15 is 0 Å². The fourth-order valence-corrected chi connectivity index (χ4v) is 3.34. The Morgan fingerprint density at radius 1 is 1.17 bits per heavy atom.